The summed E-state index contributed by atoms with van der Waals surface area (Å²) < 4.78 is 7.59. The Morgan fingerprint density at radius 1 is 0.964 bits per heavy atom. The summed E-state index contributed by atoms with van der Waals surface area (Å²) in [6.45, 7) is 5.17. The number of hydrogen-bond donors (Lipinski definition) is 1. The van der Waals surface area contributed by atoms with Gasteiger partial charge in [0, 0.05) is 12.6 Å². The van der Waals surface area contributed by atoms with Gasteiger partial charge in [0.15, 0.2) is 11.4 Å². The molecule has 0 amide bonds. The van der Waals surface area contributed by atoms with Crippen molar-refractivity contribution in [3.8, 4) is 5.88 Å². The van der Waals surface area contributed by atoms with E-state index in [0.717, 1.165) is 22.2 Å². The first-order valence-electron chi connectivity index (χ1n) is 9.51. The molecule has 0 atom stereocenters. The third-order valence-electron chi connectivity index (χ3n) is 4.92. The van der Waals surface area contributed by atoms with E-state index >= 15 is 0 Å². The van der Waals surface area contributed by atoms with Gasteiger partial charge in [-0.05, 0) is 25.0 Å². The molecule has 142 valence electrons. The SMILES string of the molecule is CCOc1cc2c(cn1)nc(C(O)(c1ccccc1)c1ccccc1)n2CC. The fourth-order valence-corrected chi connectivity index (χ4v) is 3.62. The first-order valence-corrected chi connectivity index (χ1v) is 9.51. The fourth-order valence-electron chi connectivity index (χ4n) is 3.62. The van der Waals surface area contributed by atoms with Gasteiger partial charge >= 0.3 is 0 Å². The summed E-state index contributed by atoms with van der Waals surface area (Å²) in [6.07, 6.45) is 1.70. The van der Waals surface area contributed by atoms with Crippen molar-refractivity contribution in [3.05, 3.63) is 89.9 Å². The summed E-state index contributed by atoms with van der Waals surface area (Å²) in [5, 5.41) is 12.1. The van der Waals surface area contributed by atoms with Crippen molar-refractivity contribution in [2.45, 2.75) is 26.0 Å². The molecule has 2 aromatic carbocycles. The van der Waals surface area contributed by atoms with E-state index in [9.17, 15) is 5.11 Å². The summed E-state index contributed by atoms with van der Waals surface area (Å²) in [7, 11) is 0. The van der Waals surface area contributed by atoms with Gasteiger partial charge in [-0.1, -0.05) is 60.7 Å². The van der Waals surface area contributed by atoms with Gasteiger partial charge in [-0.25, -0.2) is 9.97 Å². The maximum Gasteiger partial charge on any atom is 0.215 e. The van der Waals surface area contributed by atoms with Crippen LogP contribution in [0.4, 0.5) is 0 Å². The van der Waals surface area contributed by atoms with E-state index in [1.165, 1.54) is 0 Å². The molecule has 28 heavy (non-hydrogen) atoms. The maximum absolute atomic E-state index is 12.1. The van der Waals surface area contributed by atoms with Gasteiger partial charge in [0.1, 0.15) is 5.52 Å². The molecule has 0 spiro atoms. The quantitative estimate of drug-likeness (QED) is 0.552. The minimum absolute atomic E-state index is 0.545. The smallest absolute Gasteiger partial charge is 0.215 e. The first-order chi connectivity index (χ1) is 13.7. The summed E-state index contributed by atoms with van der Waals surface area (Å²) in [6, 6.07) is 21.2. The normalized spacial score (nSPS) is 11.7. The zero-order chi connectivity index (χ0) is 19.6. The minimum Gasteiger partial charge on any atom is -0.478 e. The molecule has 0 unspecified atom stereocenters. The Balaban J connectivity index is 2.00. The van der Waals surface area contributed by atoms with E-state index in [1.54, 1.807) is 6.20 Å². The first kappa shape index (κ1) is 18.2. The molecule has 0 radical (unpaired) electrons. The predicted octanol–water partition coefficient (Wildman–Crippen LogP) is 4.13. The molecule has 0 fully saturated rings. The lowest BCUT2D eigenvalue weighted by Gasteiger charge is -2.29. The highest BCUT2D eigenvalue weighted by Crippen LogP contribution is 2.37. The molecule has 4 aromatic rings. The Kier molecular flexibility index (Phi) is 4.84. The molecule has 5 heteroatoms. The number of aryl methyl sites for hydroxylation is 1. The lowest BCUT2D eigenvalue weighted by Crippen LogP contribution is -2.32. The highest BCUT2D eigenvalue weighted by atomic mass is 16.5. The Hall–Kier alpha value is -3.18. The van der Waals surface area contributed by atoms with Crippen molar-refractivity contribution in [3.63, 3.8) is 0 Å². The molecular weight excluding hydrogens is 350 g/mol. The van der Waals surface area contributed by atoms with Crippen LogP contribution >= 0.6 is 0 Å². The van der Waals surface area contributed by atoms with Gasteiger partial charge in [-0.3, -0.25) is 0 Å². The molecule has 4 rings (SSSR count). The number of aromatic nitrogens is 3. The van der Waals surface area contributed by atoms with Crippen LogP contribution in [0.5, 0.6) is 5.88 Å². The number of fused-ring (bicyclic) bond motifs is 1. The molecule has 0 aliphatic carbocycles. The van der Waals surface area contributed by atoms with Crippen molar-refractivity contribution in [1.29, 1.82) is 0 Å². The zero-order valence-electron chi connectivity index (χ0n) is 16.0. The van der Waals surface area contributed by atoms with Crippen LogP contribution in [0.25, 0.3) is 11.0 Å². The van der Waals surface area contributed by atoms with Crippen LogP contribution in [0.15, 0.2) is 72.9 Å². The van der Waals surface area contributed by atoms with Crippen molar-refractivity contribution in [2.24, 2.45) is 0 Å². The number of benzene rings is 2. The van der Waals surface area contributed by atoms with Crippen LogP contribution in [0.2, 0.25) is 0 Å². The van der Waals surface area contributed by atoms with Gasteiger partial charge in [-0.2, -0.15) is 0 Å². The van der Waals surface area contributed by atoms with E-state index in [2.05, 4.69) is 4.98 Å². The van der Waals surface area contributed by atoms with Crippen LogP contribution in [0, 0.1) is 0 Å². The van der Waals surface area contributed by atoms with Crippen LogP contribution in [0.3, 0.4) is 0 Å². The Morgan fingerprint density at radius 2 is 1.57 bits per heavy atom. The second-order valence-electron chi connectivity index (χ2n) is 6.57. The molecule has 2 heterocycles. The van der Waals surface area contributed by atoms with Crippen LogP contribution < -0.4 is 4.74 Å². The van der Waals surface area contributed by atoms with Crippen LogP contribution in [-0.4, -0.2) is 26.2 Å². The van der Waals surface area contributed by atoms with Crippen molar-refractivity contribution < 1.29 is 9.84 Å². The van der Waals surface area contributed by atoms with E-state index in [1.807, 2.05) is 85.1 Å². The second-order valence-corrected chi connectivity index (χ2v) is 6.57. The fraction of sp³-hybridized carbons (Fsp3) is 0.217. The largest absolute Gasteiger partial charge is 0.478 e. The average Bonchev–Trinajstić information content (AvgIpc) is 3.13. The second kappa shape index (κ2) is 7.44. The topological polar surface area (TPSA) is 60.2 Å². The number of hydrogen-bond acceptors (Lipinski definition) is 4. The Morgan fingerprint density at radius 3 is 2.11 bits per heavy atom. The number of imidazole rings is 1. The average molecular weight is 373 g/mol. The molecule has 0 saturated carbocycles. The third-order valence-corrected chi connectivity index (χ3v) is 4.92. The van der Waals surface area contributed by atoms with E-state index in [0.29, 0.717) is 24.9 Å². The highest BCUT2D eigenvalue weighted by molar-refractivity contribution is 5.77. The monoisotopic (exact) mass is 373 g/mol. The summed E-state index contributed by atoms with van der Waals surface area (Å²) in [5.74, 6) is 1.12. The number of rotatable bonds is 6. The lowest BCUT2D eigenvalue weighted by molar-refractivity contribution is 0.112. The minimum atomic E-state index is -1.39. The Labute approximate surface area is 164 Å². The molecule has 0 aliphatic rings. The highest BCUT2D eigenvalue weighted by Gasteiger charge is 2.38. The van der Waals surface area contributed by atoms with Crippen LogP contribution in [0.1, 0.15) is 30.8 Å². The van der Waals surface area contributed by atoms with Crippen LogP contribution in [-0.2, 0) is 12.1 Å². The van der Waals surface area contributed by atoms with E-state index in [4.69, 9.17) is 9.72 Å². The number of pyridine rings is 1. The summed E-state index contributed by atoms with van der Waals surface area (Å²) in [4.78, 5) is 9.14. The lowest BCUT2D eigenvalue weighted by atomic mass is 9.85. The van der Waals surface area contributed by atoms with Gasteiger partial charge in [-0.15, -0.1) is 0 Å². The van der Waals surface area contributed by atoms with E-state index in [-0.39, 0.29) is 0 Å². The van der Waals surface area contributed by atoms with Gasteiger partial charge in [0.2, 0.25) is 5.88 Å². The molecular formula is C23H23N3O2. The maximum atomic E-state index is 12.1. The van der Waals surface area contributed by atoms with E-state index < -0.39 is 5.60 Å². The Bertz CT molecular complexity index is 1040. The van der Waals surface area contributed by atoms with Gasteiger partial charge in [0.05, 0.1) is 18.3 Å². The summed E-state index contributed by atoms with van der Waals surface area (Å²) in [5.41, 5.74) is 1.77. The summed E-state index contributed by atoms with van der Waals surface area (Å²) >= 11 is 0. The van der Waals surface area contributed by atoms with Crippen molar-refractivity contribution in [2.75, 3.05) is 6.61 Å². The van der Waals surface area contributed by atoms with Crippen molar-refractivity contribution in [1.82, 2.24) is 14.5 Å². The molecule has 5 nitrogen and oxygen atoms in total. The number of aliphatic hydroxyl groups is 1. The standard InChI is InChI=1S/C23H23N3O2/c1-3-26-20-15-21(28-4-2)24-16-19(20)25-22(26)23(27,17-11-7-5-8-12-17)18-13-9-6-10-14-18/h5-16,27H,3-4H2,1-2H3. The van der Waals surface area contributed by atoms with Gasteiger partial charge < -0.3 is 14.4 Å². The number of nitrogens with zero attached hydrogens (tertiary/aromatic N) is 3. The molecule has 0 bridgehead atoms. The van der Waals surface area contributed by atoms with Crippen molar-refractivity contribution >= 4 is 11.0 Å². The third kappa shape index (κ3) is 2.94. The zero-order valence-corrected chi connectivity index (χ0v) is 16.0. The predicted molar refractivity (Wildman–Crippen MR) is 109 cm³/mol. The molecule has 1 N–H and O–H groups in total. The van der Waals surface area contributed by atoms with Gasteiger partial charge in [0.25, 0.3) is 0 Å². The molecule has 0 saturated heterocycles. The molecule has 0 aliphatic heterocycles. The number of ether oxygens (including phenoxy) is 1. The molecule has 2 aromatic heterocycles.